The molecule has 0 fully saturated rings. The van der Waals surface area contributed by atoms with Gasteiger partial charge in [0.15, 0.2) is 0 Å². The number of anilines is 1. The second-order valence-corrected chi connectivity index (χ2v) is 4.56. The minimum atomic E-state index is -0.176. The van der Waals surface area contributed by atoms with Gasteiger partial charge >= 0.3 is 0 Å². The second kappa shape index (κ2) is 6.74. The quantitative estimate of drug-likeness (QED) is 0.859. The van der Waals surface area contributed by atoms with Crippen molar-refractivity contribution in [1.82, 2.24) is 9.78 Å². The molecule has 0 radical (unpaired) electrons. The lowest BCUT2D eigenvalue weighted by molar-refractivity contribution is -0.111. The first-order chi connectivity index (χ1) is 10.1. The third-order valence-electron chi connectivity index (χ3n) is 3.20. The Morgan fingerprint density at radius 3 is 2.67 bits per heavy atom. The molecule has 1 aromatic heterocycles. The molecular weight excluding hydrogens is 266 g/mol. The molecule has 1 N–H and O–H groups in total. The largest absolute Gasteiger partial charge is 0.497 e. The third kappa shape index (κ3) is 3.72. The molecular formula is C16H19N3O2. The van der Waals surface area contributed by atoms with Gasteiger partial charge < -0.3 is 10.1 Å². The first kappa shape index (κ1) is 14.8. The average molecular weight is 285 g/mol. The molecule has 5 nitrogen and oxygen atoms in total. The highest BCUT2D eigenvalue weighted by Crippen LogP contribution is 2.14. The smallest absolute Gasteiger partial charge is 0.248 e. The number of nitrogens with zero attached hydrogens (tertiary/aromatic N) is 2. The number of aryl methyl sites for hydroxylation is 1. The molecule has 0 unspecified atom stereocenters. The van der Waals surface area contributed by atoms with E-state index in [4.69, 9.17) is 4.74 Å². The monoisotopic (exact) mass is 285 g/mol. The van der Waals surface area contributed by atoms with Crippen LogP contribution in [0, 0.1) is 6.92 Å². The van der Waals surface area contributed by atoms with Crippen molar-refractivity contribution in [2.24, 2.45) is 0 Å². The number of hydrogen-bond donors (Lipinski definition) is 1. The molecule has 1 aromatic carbocycles. The van der Waals surface area contributed by atoms with Crippen LogP contribution < -0.4 is 10.1 Å². The van der Waals surface area contributed by atoms with Gasteiger partial charge in [0.2, 0.25) is 5.91 Å². The van der Waals surface area contributed by atoms with E-state index in [0.29, 0.717) is 0 Å². The van der Waals surface area contributed by atoms with E-state index in [2.05, 4.69) is 10.4 Å². The van der Waals surface area contributed by atoms with E-state index < -0.39 is 0 Å². The number of nitrogens with one attached hydrogen (secondary N) is 1. The van der Waals surface area contributed by atoms with Gasteiger partial charge in [-0.2, -0.15) is 5.10 Å². The fraction of sp³-hybridized carbons (Fsp3) is 0.250. The van der Waals surface area contributed by atoms with Gasteiger partial charge in [-0.25, -0.2) is 0 Å². The summed E-state index contributed by atoms with van der Waals surface area (Å²) >= 11 is 0. The number of ether oxygens (including phenoxy) is 1. The molecule has 1 heterocycles. The molecule has 0 bridgehead atoms. The van der Waals surface area contributed by atoms with Crippen LogP contribution in [0.3, 0.4) is 0 Å². The number of methoxy groups -OCH3 is 1. The Balaban J connectivity index is 2.00. The van der Waals surface area contributed by atoms with E-state index in [1.807, 2.05) is 42.8 Å². The SMILES string of the molecule is CCn1ncc(NC(=O)/C=C/c2ccc(OC)cc2)c1C. The van der Waals surface area contributed by atoms with Crippen molar-refractivity contribution >= 4 is 17.7 Å². The summed E-state index contributed by atoms with van der Waals surface area (Å²) in [6, 6.07) is 7.49. The normalized spacial score (nSPS) is 10.8. The first-order valence-corrected chi connectivity index (χ1v) is 6.79. The van der Waals surface area contributed by atoms with Crippen LogP contribution in [0.4, 0.5) is 5.69 Å². The lowest BCUT2D eigenvalue weighted by Crippen LogP contribution is -2.09. The van der Waals surface area contributed by atoms with E-state index >= 15 is 0 Å². The predicted octanol–water partition coefficient (Wildman–Crippen LogP) is 2.87. The summed E-state index contributed by atoms with van der Waals surface area (Å²) in [7, 11) is 1.62. The van der Waals surface area contributed by atoms with Gasteiger partial charge in [-0.15, -0.1) is 0 Å². The van der Waals surface area contributed by atoms with Crippen molar-refractivity contribution in [2.45, 2.75) is 20.4 Å². The zero-order chi connectivity index (χ0) is 15.2. The number of carbonyl (C=O) groups is 1. The van der Waals surface area contributed by atoms with Gasteiger partial charge in [-0.05, 0) is 37.6 Å². The minimum Gasteiger partial charge on any atom is -0.497 e. The highest BCUT2D eigenvalue weighted by molar-refractivity contribution is 6.02. The van der Waals surface area contributed by atoms with Gasteiger partial charge in [0.1, 0.15) is 5.75 Å². The Morgan fingerprint density at radius 1 is 1.38 bits per heavy atom. The van der Waals surface area contributed by atoms with E-state index in [-0.39, 0.29) is 5.91 Å². The topological polar surface area (TPSA) is 56.2 Å². The highest BCUT2D eigenvalue weighted by atomic mass is 16.5. The summed E-state index contributed by atoms with van der Waals surface area (Å²) in [5.41, 5.74) is 2.62. The summed E-state index contributed by atoms with van der Waals surface area (Å²) in [5.74, 6) is 0.615. The zero-order valence-corrected chi connectivity index (χ0v) is 12.5. The lowest BCUT2D eigenvalue weighted by atomic mass is 10.2. The molecule has 0 saturated heterocycles. The van der Waals surface area contributed by atoms with Gasteiger partial charge in [-0.3, -0.25) is 9.48 Å². The zero-order valence-electron chi connectivity index (χ0n) is 12.5. The third-order valence-corrected chi connectivity index (χ3v) is 3.20. The molecule has 2 rings (SSSR count). The number of benzene rings is 1. The number of rotatable bonds is 5. The molecule has 0 aliphatic rings. The summed E-state index contributed by atoms with van der Waals surface area (Å²) in [5, 5.41) is 7.01. The van der Waals surface area contributed by atoms with Crippen LogP contribution in [0.15, 0.2) is 36.5 Å². The maximum absolute atomic E-state index is 11.9. The van der Waals surface area contributed by atoms with Crippen LogP contribution in [-0.4, -0.2) is 22.8 Å². The molecule has 21 heavy (non-hydrogen) atoms. The average Bonchev–Trinajstić information content (AvgIpc) is 2.86. The molecule has 110 valence electrons. The Labute approximate surface area is 124 Å². The van der Waals surface area contributed by atoms with Crippen LogP contribution >= 0.6 is 0 Å². The van der Waals surface area contributed by atoms with Crippen molar-refractivity contribution in [1.29, 1.82) is 0 Å². The fourth-order valence-electron chi connectivity index (χ4n) is 1.95. The van der Waals surface area contributed by atoms with Gasteiger partial charge in [0.05, 0.1) is 24.7 Å². The van der Waals surface area contributed by atoms with Crippen LogP contribution in [0.1, 0.15) is 18.2 Å². The summed E-state index contributed by atoms with van der Waals surface area (Å²) in [6.45, 7) is 4.72. The lowest BCUT2D eigenvalue weighted by Gasteiger charge is -2.02. The maximum Gasteiger partial charge on any atom is 0.248 e. The number of carbonyl (C=O) groups excluding carboxylic acids is 1. The Hall–Kier alpha value is -2.56. The molecule has 2 aromatic rings. The van der Waals surface area contributed by atoms with E-state index in [9.17, 15) is 4.79 Å². The summed E-state index contributed by atoms with van der Waals surface area (Å²) < 4.78 is 6.92. The highest BCUT2D eigenvalue weighted by Gasteiger charge is 2.06. The van der Waals surface area contributed by atoms with E-state index in [0.717, 1.165) is 29.2 Å². The van der Waals surface area contributed by atoms with Crippen LogP contribution in [0.2, 0.25) is 0 Å². The molecule has 5 heteroatoms. The Kier molecular flexibility index (Phi) is 4.77. The van der Waals surface area contributed by atoms with Crippen LogP contribution in [-0.2, 0) is 11.3 Å². The molecule has 1 amide bonds. The standard InChI is InChI=1S/C16H19N3O2/c1-4-19-12(2)15(11-17-19)18-16(20)10-7-13-5-8-14(21-3)9-6-13/h5-11H,4H2,1-3H3,(H,18,20)/b10-7+. The van der Waals surface area contributed by atoms with Gasteiger partial charge in [0.25, 0.3) is 0 Å². The Morgan fingerprint density at radius 2 is 2.10 bits per heavy atom. The summed E-state index contributed by atoms with van der Waals surface area (Å²) in [4.78, 5) is 11.9. The predicted molar refractivity (Wildman–Crippen MR) is 83.3 cm³/mol. The molecule has 0 atom stereocenters. The van der Waals surface area contributed by atoms with Crippen molar-refractivity contribution in [2.75, 3.05) is 12.4 Å². The molecule has 0 aliphatic carbocycles. The fourth-order valence-corrected chi connectivity index (χ4v) is 1.95. The van der Waals surface area contributed by atoms with Crippen molar-refractivity contribution < 1.29 is 9.53 Å². The van der Waals surface area contributed by atoms with Crippen molar-refractivity contribution in [3.05, 3.63) is 47.8 Å². The minimum absolute atomic E-state index is 0.176. The van der Waals surface area contributed by atoms with E-state index in [1.54, 1.807) is 19.4 Å². The molecule has 0 spiro atoms. The van der Waals surface area contributed by atoms with Gasteiger partial charge in [0, 0.05) is 12.6 Å². The summed E-state index contributed by atoms with van der Waals surface area (Å²) in [6.07, 6.45) is 4.93. The van der Waals surface area contributed by atoms with Crippen LogP contribution in [0.5, 0.6) is 5.75 Å². The van der Waals surface area contributed by atoms with E-state index in [1.165, 1.54) is 6.08 Å². The van der Waals surface area contributed by atoms with Crippen molar-refractivity contribution in [3.8, 4) is 5.75 Å². The van der Waals surface area contributed by atoms with Gasteiger partial charge in [-0.1, -0.05) is 12.1 Å². The molecule has 0 aliphatic heterocycles. The second-order valence-electron chi connectivity index (χ2n) is 4.56. The Bertz CT molecular complexity index is 642. The number of amides is 1. The maximum atomic E-state index is 11.9. The number of hydrogen-bond acceptors (Lipinski definition) is 3. The van der Waals surface area contributed by atoms with Crippen LogP contribution in [0.25, 0.3) is 6.08 Å². The number of aromatic nitrogens is 2. The first-order valence-electron chi connectivity index (χ1n) is 6.79. The molecule has 0 saturated carbocycles. The van der Waals surface area contributed by atoms with Crippen molar-refractivity contribution in [3.63, 3.8) is 0 Å².